The van der Waals surface area contributed by atoms with Crippen LogP contribution in [0.5, 0.6) is 0 Å². The molecule has 0 aliphatic rings. The summed E-state index contributed by atoms with van der Waals surface area (Å²) in [6.07, 6.45) is 0.983. The molecule has 1 unspecified atom stereocenters. The third-order valence-electron chi connectivity index (χ3n) is 2.25. The van der Waals surface area contributed by atoms with E-state index in [0.717, 1.165) is 6.42 Å². The molecule has 0 aliphatic carbocycles. The van der Waals surface area contributed by atoms with Crippen molar-refractivity contribution < 1.29 is 9.53 Å². The van der Waals surface area contributed by atoms with Gasteiger partial charge in [-0.1, -0.05) is 37.3 Å². The Morgan fingerprint density at radius 3 is 2.50 bits per heavy atom. The molecule has 0 saturated heterocycles. The first-order chi connectivity index (χ1) is 6.74. The van der Waals surface area contributed by atoms with Crippen LogP contribution < -0.4 is 0 Å². The summed E-state index contributed by atoms with van der Waals surface area (Å²) in [5.41, 5.74) is 1.23. The van der Waals surface area contributed by atoms with Crippen LogP contribution in [-0.4, -0.2) is 12.6 Å². The van der Waals surface area contributed by atoms with Gasteiger partial charge in [0.15, 0.2) is 0 Å². The van der Waals surface area contributed by atoms with E-state index < -0.39 is 0 Å². The van der Waals surface area contributed by atoms with Gasteiger partial charge in [0.05, 0.1) is 6.61 Å². The Kier molecular flexibility index (Phi) is 4.17. The zero-order valence-corrected chi connectivity index (χ0v) is 8.69. The summed E-state index contributed by atoms with van der Waals surface area (Å²) in [6.45, 7) is 4.02. The normalized spacial score (nSPS) is 12.1. The molecule has 2 nitrogen and oxygen atoms in total. The van der Waals surface area contributed by atoms with Crippen molar-refractivity contribution in [2.75, 3.05) is 6.61 Å². The maximum atomic E-state index is 10.7. The molecule has 0 N–H and O–H groups in total. The highest BCUT2D eigenvalue weighted by atomic mass is 16.5. The first-order valence-corrected chi connectivity index (χ1v) is 4.92. The maximum Gasteiger partial charge on any atom is 0.302 e. The highest BCUT2D eigenvalue weighted by Crippen LogP contribution is 2.19. The predicted octanol–water partition coefficient (Wildman–Crippen LogP) is 2.74. The van der Waals surface area contributed by atoms with Gasteiger partial charge in [0.25, 0.3) is 0 Å². The maximum absolute atomic E-state index is 10.7. The fraction of sp³-hybridized carbons (Fsp3) is 0.417. The largest absolute Gasteiger partial charge is 0.465 e. The van der Waals surface area contributed by atoms with Crippen LogP contribution in [0.1, 0.15) is 31.7 Å². The third kappa shape index (κ3) is 3.21. The van der Waals surface area contributed by atoms with Crippen molar-refractivity contribution in [1.29, 1.82) is 0 Å². The van der Waals surface area contributed by atoms with Gasteiger partial charge in [-0.05, 0) is 12.0 Å². The minimum Gasteiger partial charge on any atom is -0.465 e. The van der Waals surface area contributed by atoms with E-state index in [-0.39, 0.29) is 5.97 Å². The molecule has 1 aromatic carbocycles. The number of esters is 1. The molecule has 1 aromatic rings. The van der Waals surface area contributed by atoms with Crippen LogP contribution in [0.25, 0.3) is 0 Å². The van der Waals surface area contributed by atoms with Crippen molar-refractivity contribution in [2.45, 2.75) is 26.2 Å². The Balaban J connectivity index is 2.58. The van der Waals surface area contributed by atoms with Crippen LogP contribution in [-0.2, 0) is 9.53 Å². The zero-order chi connectivity index (χ0) is 10.4. The lowest BCUT2D eigenvalue weighted by Gasteiger charge is -2.14. The number of hydrogen-bond donors (Lipinski definition) is 0. The first kappa shape index (κ1) is 10.8. The van der Waals surface area contributed by atoms with Crippen LogP contribution >= 0.6 is 0 Å². The Morgan fingerprint density at radius 1 is 1.36 bits per heavy atom. The van der Waals surface area contributed by atoms with Gasteiger partial charge in [-0.25, -0.2) is 0 Å². The molecular weight excluding hydrogens is 176 g/mol. The molecule has 2 heteroatoms. The van der Waals surface area contributed by atoms with Gasteiger partial charge in [0.1, 0.15) is 0 Å². The smallest absolute Gasteiger partial charge is 0.302 e. The van der Waals surface area contributed by atoms with Gasteiger partial charge >= 0.3 is 5.97 Å². The van der Waals surface area contributed by atoms with Gasteiger partial charge in [-0.15, -0.1) is 0 Å². The van der Waals surface area contributed by atoms with Crippen molar-refractivity contribution in [2.24, 2.45) is 0 Å². The van der Waals surface area contributed by atoms with Crippen LogP contribution in [0, 0.1) is 0 Å². The Bertz CT molecular complexity index is 280. The van der Waals surface area contributed by atoms with E-state index in [4.69, 9.17) is 4.74 Å². The molecule has 0 heterocycles. The molecule has 0 fully saturated rings. The Hall–Kier alpha value is -1.31. The van der Waals surface area contributed by atoms with Crippen LogP contribution in [0.4, 0.5) is 0 Å². The SMILES string of the molecule is CCC(COC(C)=O)c1ccccc1. The molecule has 0 aromatic heterocycles. The number of ether oxygens (including phenoxy) is 1. The molecule has 0 radical (unpaired) electrons. The Morgan fingerprint density at radius 2 is 2.00 bits per heavy atom. The van der Waals surface area contributed by atoms with Gasteiger partial charge < -0.3 is 4.74 Å². The summed E-state index contributed by atoms with van der Waals surface area (Å²) in [4.78, 5) is 10.7. The summed E-state index contributed by atoms with van der Waals surface area (Å²) < 4.78 is 5.01. The minimum absolute atomic E-state index is 0.209. The van der Waals surface area contributed by atoms with Crippen LogP contribution in [0.3, 0.4) is 0 Å². The highest BCUT2D eigenvalue weighted by molar-refractivity contribution is 5.65. The average molecular weight is 192 g/mol. The summed E-state index contributed by atoms with van der Waals surface area (Å²) in [5.74, 6) is 0.111. The highest BCUT2D eigenvalue weighted by Gasteiger charge is 2.09. The number of carbonyl (C=O) groups is 1. The number of rotatable bonds is 4. The van der Waals surface area contributed by atoms with Gasteiger partial charge in [-0.3, -0.25) is 4.79 Å². The second kappa shape index (κ2) is 5.43. The second-order valence-electron chi connectivity index (χ2n) is 3.32. The van der Waals surface area contributed by atoms with Gasteiger partial charge in [0.2, 0.25) is 0 Å². The number of carbonyl (C=O) groups excluding carboxylic acids is 1. The number of benzene rings is 1. The van der Waals surface area contributed by atoms with Crippen LogP contribution in [0.2, 0.25) is 0 Å². The lowest BCUT2D eigenvalue weighted by molar-refractivity contribution is -0.141. The molecule has 0 spiro atoms. The number of hydrogen-bond acceptors (Lipinski definition) is 2. The quantitative estimate of drug-likeness (QED) is 0.686. The lowest BCUT2D eigenvalue weighted by atomic mass is 9.98. The predicted molar refractivity (Wildman–Crippen MR) is 56.1 cm³/mol. The van der Waals surface area contributed by atoms with Crippen molar-refractivity contribution in [3.05, 3.63) is 35.9 Å². The fourth-order valence-electron chi connectivity index (χ4n) is 1.39. The molecule has 1 atom stereocenters. The van der Waals surface area contributed by atoms with E-state index >= 15 is 0 Å². The van der Waals surface area contributed by atoms with Crippen molar-refractivity contribution >= 4 is 5.97 Å². The molecule has 0 amide bonds. The average Bonchev–Trinajstić information content (AvgIpc) is 2.20. The molecular formula is C12H16O2. The van der Waals surface area contributed by atoms with Gasteiger partial charge in [-0.2, -0.15) is 0 Å². The van der Waals surface area contributed by atoms with E-state index in [1.54, 1.807) is 0 Å². The van der Waals surface area contributed by atoms with Gasteiger partial charge in [0, 0.05) is 12.8 Å². The molecule has 14 heavy (non-hydrogen) atoms. The summed E-state index contributed by atoms with van der Waals surface area (Å²) >= 11 is 0. The summed E-state index contributed by atoms with van der Waals surface area (Å²) in [5, 5.41) is 0. The van der Waals surface area contributed by atoms with E-state index in [1.807, 2.05) is 18.2 Å². The van der Waals surface area contributed by atoms with E-state index in [1.165, 1.54) is 12.5 Å². The lowest BCUT2D eigenvalue weighted by Crippen LogP contribution is -2.09. The molecule has 0 bridgehead atoms. The minimum atomic E-state index is -0.209. The van der Waals surface area contributed by atoms with E-state index in [9.17, 15) is 4.79 Å². The van der Waals surface area contributed by atoms with Crippen molar-refractivity contribution in [3.8, 4) is 0 Å². The molecule has 1 rings (SSSR count). The molecule has 0 aliphatic heterocycles. The third-order valence-corrected chi connectivity index (χ3v) is 2.25. The zero-order valence-electron chi connectivity index (χ0n) is 8.69. The van der Waals surface area contributed by atoms with E-state index in [0.29, 0.717) is 12.5 Å². The van der Waals surface area contributed by atoms with Crippen LogP contribution in [0.15, 0.2) is 30.3 Å². The second-order valence-corrected chi connectivity index (χ2v) is 3.32. The first-order valence-electron chi connectivity index (χ1n) is 4.92. The van der Waals surface area contributed by atoms with Crippen molar-refractivity contribution in [1.82, 2.24) is 0 Å². The van der Waals surface area contributed by atoms with Crippen molar-refractivity contribution in [3.63, 3.8) is 0 Å². The topological polar surface area (TPSA) is 26.3 Å². The molecule has 0 saturated carbocycles. The monoisotopic (exact) mass is 192 g/mol. The Labute approximate surface area is 84.9 Å². The van der Waals surface area contributed by atoms with E-state index in [2.05, 4.69) is 19.1 Å². The summed E-state index contributed by atoms with van der Waals surface area (Å²) in [6, 6.07) is 10.1. The molecule has 76 valence electrons. The summed E-state index contributed by atoms with van der Waals surface area (Å²) in [7, 11) is 0. The standard InChI is InChI=1S/C12H16O2/c1-3-11(9-14-10(2)13)12-7-5-4-6-8-12/h4-8,11H,3,9H2,1-2H3. The fourth-order valence-corrected chi connectivity index (χ4v) is 1.39.